The van der Waals surface area contributed by atoms with Crippen LogP contribution in [0.2, 0.25) is 0 Å². The van der Waals surface area contributed by atoms with Crippen LogP contribution in [0.25, 0.3) is 0 Å². The SMILES string of the molecule is C/C=N/N1[C@H](C)CC[C@H]1C. The van der Waals surface area contributed by atoms with E-state index < -0.39 is 0 Å². The Morgan fingerprint density at radius 1 is 1.30 bits per heavy atom. The molecule has 0 aromatic heterocycles. The fraction of sp³-hybridized carbons (Fsp3) is 0.875. The minimum atomic E-state index is 0.645. The second-order valence-corrected chi connectivity index (χ2v) is 3.03. The molecule has 1 aliphatic heterocycles. The summed E-state index contributed by atoms with van der Waals surface area (Å²) in [6, 6.07) is 1.29. The van der Waals surface area contributed by atoms with Crippen LogP contribution in [0, 0.1) is 0 Å². The third-order valence-corrected chi connectivity index (χ3v) is 2.15. The second-order valence-electron chi connectivity index (χ2n) is 3.03. The zero-order valence-electron chi connectivity index (χ0n) is 7.04. The molecule has 0 amide bonds. The van der Waals surface area contributed by atoms with E-state index in [0.29, 0.717) is 12.1 Å². The molecule has 0 unspecified atom stereocenters. The van der Waals surface area contributed by atoms with Crippen molar-refractivity contribution in [1.82, 2.24) is 5.01 Å². The molecule has 0 aliphatic carbocycles. The third-order valence-electron chi connectivity index (χ3n) is 2.15. The van der Waals surface area contributed by atoms with E-state index in [2.05, 4.69) is 24.0 Å². The normalized spacial score (nSPS) is 34.1. The lowest BCUT2D eigenvalue weighted by molar-refractivity contribution is 0.226. The predicted molar refractivity (Wildman–Crippen MR) is 44.2 cm³/mol. The first kappa shape index (κ1) is 7.58. The van der Waals surface area contributed by atoms with Crippen LogP contribution in [0.1, 0.15) is 33.6 Å². The fourth-order valence-corrected chi connectivity index (χ4v) is 1.54. The zero-order chi connectivity index (χ0) is 7.56. The molecule has 1 heterocycles. The largest absolute Gasteiger partial charge is 0.292 e. The minimum Gasteiger partial charge on any atom is -0.292 e. The van der Waals surface area contributed by atoms with Gasteiger partial charge in [0, 0.05) is 18.3 Å². The molecule has 10 heavy (non-hydrogen) atoms. The quantitative estimate of drug-likeness (QED) is 0.508. The highest BCUT2D eigenvalue weighted by atomic mass is 15.5. The monoisotopic (exact) mass is 140 g/mol. The average Bonchev–Trinajstić information content (AvgIpc) is 2.20. The van der Waals surface area contributed by atoms with Gasteiger partial charge in [-0.25, -0.2) is 0 Å². The van der Waals surface area contributed by atoms with Crippen molar-refractivity contribution in [3.8, 4) is 0 Å². The van der Waals surface area contributed by atoms with Crippen LogP contribution in [0.4, 0.5) is 0 Å². The molecule has 0 bridgehead atoms. The van der Waals surface area contributed by atoms with Crippen LogP contribution >= 0.6 is 0 Å². The van der Waals surface area contributed by atoms with Gasteiger partial charge in [0.05, 0.1) is 0 Å². The standard InChI is InChI=1S/C8H16N2/c1-4-9-10-7(2)5-6-8(10)3/h4,7-8H,5-6H2,1-3H3/b9-4+/t7-,8-/m1/s1. The molecule has 1 aliphatic rings. The van der Waals surface area contributed by atoms with E-state index in [1.807, 2.05) is 13.1 Å². The van der Waals surface area contributed by atoms with Gasteiger partial charge in [-0.1, -0.05) is 0 Å². The van der Waals surface area contributed by atoms with Crippen molar-refractivity contribution in [2.75, 3.05) is 0 Å². The summed E-state index contributed by atoms with van der Waals surface area (Å²) in [4.78, 5) is 0. The van der Waals surface area contributed by atoms with Gasteiger partial charge in [-0.3, -0.25) is 5.01 Å². The van der Waals surface area contributed by atoms with Crippen molar-refractivity contribution >= 4 is 6.21 Å². The molecule has 2 nitrogen and oxygen atoms in total. The predicted octanol–water partition coefficient (Wildman–Crippen LogP) is 1.86. The zero-order valence-corrected chi connectivity index (χ0v) is 7.04. The van der Waals surface area contributed by atoms with E-state index in [1.54, 1.807) is 0 Å². The Hall–Kier alpha value is -0.530. The molecule has 0 radical (unpaired) electrons. The Kier molecular flexibility index (Phi) is 2.30. The highest BCUT2D eigenvalue weighted by molar-refractivity contribution is 5.52. The van der Waals surface area contributed by atoms with Gasteiger partial charge in [-0.05, 0) is 33.6 Å². The fourth-order valence-electron chi connectivity index (χ4n) is 1.54. The molecule has 0 aromatic rings. The molecule has 2 heteroatoms. The third kappa shape index (κ3) is 1.31. The first-order valence-corrected chi connectivity index (χ1v) is 4.02. The van der Waals surface area contributed by atoms with Crippen LogP contribution < -0.4 is 0 Å². The molecule has 0 aromatic carbocycles. The Balaban J connectivity index is 2.54. The number of rotatable bonds is 1. The lowest BCUT2D eigenvalue weighted by Crippen LogP contribution is -2.26. The first-order chi connectivity index (χ1) is 4.75. The van der Waals surface area contributed by atoms with Crippen molar-refractivity contribution in [3.63, 3.8) is 0 Å². The number of hydrazone groups is 1. The first-order valence-electron chi connectivity index (χ1n) is 4.02. The highest BCUT2D eigenvalue weighted by Crippen LogP contribution is 2.22. The van der Waals surface area contributed by atoms with Gasteiger partial charge in [0.25, 0.3) is 0 Å². The molecule has 58 valence electrons. The second kappa shape index (κ2) is 3.04. The van der Waals surface area contributed by atoms with Crippen molar-refractivity contribution in [2.45, 2.75) is 45.7 Å². The maximum atomic E-state index is 4.29. The van der Waals surface area contributed by atoms with E-state index in [9.17, 15) is 0 Å². The van der Waals surface area contributed by atoms with E-state index in [1.165, 1.54) is 12.8 Å². The van der Waals surface area contributed by atoms with Crippen molar-refractivity contribution in [1.29, 1.82) is 0 Å². The molecule has 0 saturated carbocycles. The molecular weight excluding hydrogens is 124 g/mol. The van der Waals surface area contributed by atoms with Gasteiger partial charge in [-0.2, -0.15) is 5.10 Å². The van der Waals surface area contributed by atoms with Crippen LogP contribution in [0.3, 0.4) is 0 Å². The topological polar surface area (TPSA) is 15.6 Å². The molecule has 0 N–H and O–H groups in total. The van der Waals surface area contributed by atoms with Crippen molar-refractivity contribution in [3.05, 3.63) is 0 Å². The van der Waals surface area contributed by atoms with Gasteiger partial charge < -0.3 is 0 Å². The summed E-state index contributed by atoms with van der Waals surface area (Å²) in [7, 11) is 0. The molecule has 1 fully saturated rings. The summed E-state index contributed by atoms with van der Waals surface area (Å²) in [6.07, 6.45) is 4.45. The lowest BCUT2D eigenvalue weighted by Gasteiger charge is -2.21. The molecule has 2 atom stereocenters. The van der Waals surface area contributed by atoms with Gasteiger partial charge in [0.2, 0.25) is 0 Å². The van der Waals surface area contributed by atoms with Gasteiger partial charge in [-0.15, -0.1) is 0 Å². The number of hydrogen-bond acceptors (Lipinski definition) is 2. The maximum absolute atomic E-state index is 4.29. The van der Waals surface area contributed by atoms with Crippen molar-refractivity contribution in [2.24, 2.45) is 5.10 Å². The Morgan fingerprint density at radius 2 is 1.80 bits per heavy atom. The van der Waals surface area contributed by atoms with Crippen LogP contribution in [-0.4, -0.2) is 23.3 Å². The van der Waals surface area contributed by atoms with Gasteiger partial charge in [0.15, 0.2) is 0 Å². The average molecular weight is 140 g/mol. The number of hydrogen-bond donors (Lipinski definition) is 0. The summed E-state index contributed by atoms with van der Waals surface area (Å²) in [5.41, 5.74) is 0. The molecule has 0 spiro atoms. The molecule has 1 rings (SSSR count). The maximum Gasteiger partial charge on any atom is 0.0446 e. The Morgan fingerprint density at radius 3 is 2.20 bits per heavy atom. The van der Waals surface area contributed by atoms with Crippen LogP contribution in [0.15, 0.2) is 5.10 Å². The minimum absolute atomic E-state index is 0.645. The molecule has 1 saturated heterocycles. The van der Waals surface area contributed by atoms with E-state index in [-0.39, 0.29) is 0 Å². The lowest BCUT2D eigenvalue weighted by atomic mass is 10.2. The summed E-state index contributed by atoms with van der Waals surface area (Å²) in [6.45, 7) is 6.44. The van der Waals surface area contributed by atoms with E-state index >= 15 is 0 Å². The van der Waals surface area contributed by atoms with Gasteiger partial charge in [0.1, 0.15) is 0 Å². The summed E-state index contributed by atoms with van der Waals surface area (Å²) in [5.74, 6) is 0. The Bertz CT molecular complexity index is 121. The summed E-state index contributed by atoms with van der Waals surface area (Å²) < 4.78 is 0. The van der Waals surface area contributed by atoms with Crippen molar-refractivity contribution < 1.29 is 0 Å². The highest BCUT2D eigenvalue weighted by Gasteiger charge is 2.24. The van der Waals surface area contributed by atoms with E-state index in [0.717, 1.165) is 0 Å². The Labute approximate surface area is 62.9 Å². The summed E-state index contributed by atoms with van der Waals surface area (Å²) in [5, 5.41) is 6.49. The van der Waals surface area contributed by atoms with E-state index in [4.69, 9.17) is 0 Å². The summed E-state index contributed by atoms with van der Waals surface area (Å²) >= 11 is 0. The smallest absolute Gasteiger partial charge is 0.0446 e. The molecular formula is C8H16N2. The van der Waals surface area contributed by atoms with Crippen LogP contribution in [0.5, 0.6) is 0 Å². The van der Waals surface area contributed by atoms with Crippen LogP contribution in [-0.2, 0) is 0 Å². The van der Waals surface area contributed by atoms with Gasteiger partial charge >= 0.3 is 0 Å². The number of nitrogens with zero attached hydrogens (tertiary/aromatic N) is 2.